The van der Waals surface area contributed by atoms with Crippen LogP contribution in [0.4, 0.5) is 0 Å². The van der Waals surface area contributed by atoms with E-state index in [1.807, 2.05) is 18.2 Å². The highest BCUT2D eigenvalue weighted by Crippen LogP contribution is 2.31. The van der Waals surface area contributed by atoms with Gasteiger partial charge < -0.3 is 4.57 Å². The van der Waals surface area contributed by atoms with Crippen molar-refractivity contribution in [1.82, 2.24) is 15.0 Å². The van der Waals surface area contributed by atoms with Gasteiger partial charge in [-0.25, -0.2) is 5.43 Å². The van der Waals surface area contributed by atoms with E-state index in [2.05, 4.69) is 102 Å². The number of halogens is 2. The Labute approximate surface area is 189 Å². The molecular formula is C21H16I2N4O. The van der Waals surface area contributed by atoms with Gasteiger partial charge in [-0.2, -0.15) is 5.10 Å². The Bertz CT molecular complexity index is 1130. The second kappa shape index (κ2) is 8.56. The fraction of sp³-hybridized carbons (Fsp3) is 0.0952. The average Bonchev–Trinajstić information content (AvgIpc) is 2.99. The molecule has 0 fully saturated rings. The molecule has 2 heterocycles. The van der Waals surface area contributed by atoms with Gasteiger partial charge in [-0.1, -0.05) is 6.07 Å². The number of nitrogens with zero attached hydrogens (tertiary/aromatic N) is 3. The Balaban J connectivity index is 1.54. The summed E-state index contributed by atoms with van der Waals surface area (Å²) in [5, 5.41) is 6.42. The van der Waals surface area contributed by atoms with Crippen LogP contribution in [0.1, 0.15) is 12.1 Å². The Kier molecular flexibility index (Phi) is 5.90. The molecular weight excluding hydrogens is 578 g/mol. The van der Waals surface area contributed by atoms with Gasteiger partial charge in [-0.3, -0.25) is 9.78 Å². The fourth-order valence-corrected chi connectivity index (χ4v) is 4.16. The highest BCUT2D eigenvalue weighted by molar-refractivity contribution is 14.1. The molecule has 4 aromatic rings. The van der Waals surface area contributed by atoms with Crippen LogP contribution in [0.2, 0.25) is 0 Å². The smallest absolute Gasteiger partial charge is 0.241 e. The molecule has 0 aliphatic rings. The third-order valence-corrected chi connectivity index (χ3v) is 5.77. The number of aryl methyl sites for hydroxylation is 1. The van der Waals surface area contributed by atoms with Gasteiger partial charge >= 0.3 is 0 Å². The standard InChI is InChI=1S/C21H16I2N4O/c22-14-4-6-19-17(11-14)18-12-15(23)5-7-20(18)27(19)10-8-21(28)26-25-13-16-3-1-2-9-24-16/h1-7,9,11-13H,8,10H2,(H,26,28)/b25-13-. The topological polar surface area (TPSA) is 59.3 Å². The number of carbonyl (C=O) groups is 1. The number of carbonyl (C=O) groups excluding carboxylic acids is 1. The molecule has 0 bridgehead atoms. The van der Waals surface area contributed by atoms with Crippen LogP contribution in [0.25, 0.3) is 21.8 Å². The SMILES string of the molecule is O=C(CCn1c2ccc(I)cc2c2cc(I)ccc21)N/N=C\c1ccccn1. The molecule has 0 unspecified atom stereocenters. The van der Waals surface area contributed by atoms with E-state index in [0.29, 0.717) is 18.7 Å². The second-order valence-electron chi connectivity index (χ2n) is 6.27. The van der Waals surface area contributed by atoms with Gasteiger partial charge in [0.15, 0.2) is 0 Å². The zero-order valence-corrected chi connectivity index (χ0v) is 19.1. The summed E-state index contributed by atoms with van der Waals surface area (Å²) in [6, 6.07) is 18.4. The van der Waals surface area contributed by atoms with Crippen molar-refractivity contribution in [3.63, 3.8) is 0 Å². The number of benzene rings is 2. The highest BCUT2D eigenvalue weighted by atomic mass is 127. The quantitative estimate of drug-likeness (QED) is 0.202. The lowest BCUT2D eigenvalue weighted by atomic mass is 10.2. The summed E-state index contributed by atoms with van der Waals surface area (Å²) in [7, 11) is 0. The molecule has 0 aliphatic carbocycles. The van der Waals surface area contributed by atoms with E-state index < -0.39 is 0 Å². The van der Waals surface area contributed by atoms with Crippen molar-refractivity contribution in [2.24, 2.45) is 5.10 Å². The molecule has 28 heavy (non-hydrogen) atoms. The van der Waals surface area contributed by atoms with E-state index >= 15 is 0 Å². The lowest BCUT2D eigenvalue weighted by Crippen LogP contribution is -2.19. The van der Waals surface area contributed by atoms with Crippen LogP contribution < -0.4 is 5.43 Å². The Morgan fingerprint density at radius 3 is 2.32 bits per heavy atom. The van der Waals surface area contributed by atoms with E-state index in [0.717, 1.165) is 11.0 Å². The van der Waals surface area contributed by atoms with Crippen LogP contribution in [-0.2, 0) is 11.3 Å². The van der Waals surface area contributed by atoms with E-state index in [9.17, 15) is 4.79 Å². The van der Waals surface area contributed by atoms with Gasteiger partial charge in [0.25, 0.3) is 0 Å². The van der Waals surface area contributed by atoms with E-state index in [1.165, 1.54) is 17.9 Å². The number of hydrogen-bond acceptors (Lipinski definition) is 3. The molecule has 2 aromatic carbocycles. The molecule has 0 aliphatic heterocycles. The van der Waals surface area contributed by atoms with Crippen LogP contribution in [0.3, 0.4) is 0 Å². The number of fused-ring (bicyclic) bond motifs is 3. The average molecular weight is 594 g/mol. The van der Waals surface area contributed by atoms with Gasteiger partial charge in [0, 0.05) is 48.1 Å². The zero-order chi connectivity index (χ0) is 19.5. The minimum atomic E-state index is -0.127. The number of rotatable bonds is 5. The summed E-state index contributed by atoms with van der Waals surface area (Å²) < 4.78 is 4.60. The summed E-state index contributed by atoms with van der Waals surface area (Å²) in [4.78, 5) is 16.4. The van der Waals surface area contributed by atoms with Crippen molar-refractivity contribution >= 4 is 79.1 Å². The number of hydrogen-bond donors (Lipinski definition) is 1. The Hall–Kier alpha value is -2.01. The molecule has 4 rings (SSSR count). The molecule has 0 saturated carbocycles. The summed E-state index contributed by atoms with van der Waals surface area (Å²) in [6.07, 6.45) is 3.58. The first-order chi connectivity index (χ1) is 13.6. The number of hydrazone groups is 1. The van der Waals surface area contributed by atoms with Gasteiger partial charge in [-0.15, -0.1) is 0 Å². The van der Waals surface area contributed by atoms with Crippen LogP contribution in [0, 0.1) is 7.14 Å². The predicted molar refractivity (Wildman–Crippen MR) is 129 cm³/mol. The van der Waals surface area contributed by atoms with Gasteiger partial charge in [0.05, 0.1) is 11.9 Å². The summed E-state index contributed by atoms with van der Waals surface area (Å²) in [6.45, 7) is 0.589. The predicted octanol–water partition coefficient (Wildman–Crippen LogP) is 4.94. The molecule has 5 nitrogen and oxygen atoms in total. The monoisotopic (exact) mass is 594 g/mol. The largest absolute Gasteiger partial charge is 0.340 e. The van der Waals surface area contributed by atoms with Gasteiger partial charge in [0.2, 0.25) is 5.91 Å². The number of aromatic nitrogens is 2. The van der Waals surface area contributed by atoms with Crippen LogP contribution in [0.5, 0.6) is 0 Å². The number of pyridine rings is 1. The molecule has 0 saturated heterocycles. The van der Waals surface area contributed by atoms with Gasteiger partial charge in [0.1, 0.15) is 0 Å². The summed E-state index contributed by atoms with van der Waals surface area (Å²) in [5.41, 5.74) is 5.57. The van der Waals surface area contributed by atoms with E-state index in [4.69, 9.17) is 0 Å². The summed E-state index contributed by atoms with van der Waals surface area (Å²) in [5.74, 6) is -0.127. The van der Waals surface area contributed by atoms with Crippen molar-refractivity contribution in [3.8, 4) is 0 Å². The maximum Gasteiger partial charge on any atom is 0.241 e. The molecule has 0 atom stereocenters. The van der Waals surface area contributed by atoms with Gasteiger partial charge in [-0.05, 0) is 93.7 Å². The highest BCUT2D eigenvalue weighted by Gasteiger charge is 2.12. The molecule has 1 amide bonds. The first-order valence-electron chi connectivity index (χ1n) is 8.72. The van der Waals surface area contributed by atoms with Crippen molar-refractivity contribution in [3.05, 3.63) is 73.6 Å². The second-order valence-corrected chi connectivity index (χ2v) is 8.76. The van der Waals surface area contributed by atoms with Crippen molar-refractivity contribution < 1.29 is 4.79 Å². The maximum atomic E-state index is 12.2. The molecule has 1 N–H and O–H groups in total. The molecule has 0 radical (unpaired) electrons. The van der Waals surface area contributed by atoms with Crippen molar-refractivity contribution in [2.75, 3.05) is 0 Å². The molecule has 140 valence electrons. The zero-order valence-electron chi connectivity index (χ0n) is 14.8. The normalized spacial score (nSPS) is 11.5. The third kappa shape index (κ3) is 4.19. The molecule has 2 aromatic heterocycles. The van der Waals surface area contributed by atoms with Crippen LogP contribution >= 0.6 is 45.2 Å². The maximum absolute atomic E-state index is 12.2. The first kappa shape index (κ1) is 19.3. The molecule has 7 heteroatoms. The minimum absolute atomic E-state index is 0.127. The first-order valence-corrected chi connectivity index (χ1v) is 10.9. The Morgan fingerprint density at radius 2 is 1.71 bits per heavy atom. The number of nitrogens with one attached hydrogen (secondary N) is 1. The Morgan fingerprint density at radius 1 is 1.04 bits per heavy atom. The fourth-order valence-electron chi connectivity index (χ4n) is 3.18. The van der Waals surface area contributed by atoms with Crippen molar-refractivity contribution in [1.29, 1.82) is 0 Å². The van der Waals surface area contributed by atoms with E-state index in [1.54, 1.807) is 12.4 Å². The lowest BCUT2D eigenvalue weighted by molar-refractivity contribution is -0.121. The van der Waals surface area contributed by atoms with Crippen LogP contribution in [0.15, 0.2) is 65.9 Å². The molecule has 0 spiro atoms. The lowest BCUT2D eigenvalue weighted by Gasteiger charge is -2.07. The van der Waals surface area contributed by atoms with E-state index in [-0.39, 0.29) is 5.91 Å². The minimum Gasteiger partial charge on any atom is -0.340 e. The van der Waals surface area contributed by atoms with Crippen molar-refractivity contribution in [2.45, 2.75) is 13.0 Å². The number of amides is 1. The van der Waals surface area contributed by atoms with Crippen LogP contribution in [-0.4, -0.2) is 21.7 Å². The summed E-state index contributed by atoms with van der Waals surface area (Å²) >= 11 is 4.67. The third-order valence-electron chi connectivity index (χ3n) is 4.43.